The molecule has 1 unspecified atom stereocenters. The highest BCUT2D eigenvalue weighted by molar-refractivity contribution is 5.86. The number of amides is 3. The Hall–Kier alpha value is -4.44. The Balaban J connectivity index is 2.06. The van der Waals surface area contributed by atoms with Crippen molar-refractivity contribution in [2.45, 2.75) is 84.5 Å². The first-order valence-electron chi connectivity index (χ1n) is 15.5. The van der Waals surface area contributed by atoms with E-state index in [2.05, 4.69) is 20.9 Å². The first-order chi connectivity index (χ1) is 21.6. The molecule has 0 saturated heterocycles. The number of pyridine rings is 1. The van der Waals surface area contributed by atoms with Crippen LogP contribution in [0.1, 0.15) is 65.0 Å². The third-order valence-corrected chi connectivity index (χ3v) is 8.03. The fourth-order valence-corrected chi connectivity index (χ4v) is 5.87. The molecule has 5 atom stereocenters. The molecule has 1 aromatic heterocycles. The van der Waals surface area contributed by atoms with Gasteiger partial charge in [-0.2, -0.15) is 0 Å². The molecule has 0 spiro atoms. The highest BCUT2D eigenvalue weighted by Crippen LogP contribution is 2.40. The summed E-state index contributed by atoms with van der Waals surface area (Å²) in [6, 6.07) is 18.7. The molecule has 0 saturated carbocycles. The number of ether oxygens (including phenoxy) is 1. The van der Waals surface area contributed by atoms with E-state index in [1.54, 1.807) is 12.4 Å². The van der Waals surface area contributed by atoms with Gasteiger partial charge >= 0.3 is 12.2 Å². The smallest absolute Gasteiger partial charge is 0.407 e. The number of hydrogen-bond acceptors (Lipinski definition) is 6. The Bertz CT molecular complexity index is 1420. The van der Waals surface area contributed by atoms with Gasteiger partial charge in [0, 0.05) is 24.4 Å². The Morgan fingerprint density at radius 3 is 2.00 bits per heavy atom. The van der Waals surface area contributed by atoms with Gasteiger partial charge in [-0.1, -0.05) is 102 Å². The Labute approximate surface area is 272 Å². The van der Waals surface area contributed by atoms with Crippen LogP contribution in [0.3, 0.4) is 0 Å². The second-order valence-electron chi connectivity index (χ2n) is 13.8. The van der Waals surface area contributed by atoms with Crippen molar-refractivity contribution in [1.82, 2.24) is 20.9 Å². The third-order valence-electron chi connectivity index (χ3n) is 8.03. The van der Waals surface area contributed by atoms with Crippen molar-refractivity contribution in [2.24, 2.45) is 10.8 Å². The lowest BCUT2D eigenvalue weighted by Crippen LogP contribution is -2.59. The number of nitrogens with zero attached hydrogens (tertiary/aromatic N) is 1. The number of carbonyl (C=O) groups is 3. The normalized spacial score (nSPS) is 15.0. The molecule has 10 nitrogen and oxygen atoms in total. The number of aliphatic hydroxyl groups excluding tert-OH is 1. The van der Waals surface area contributed by atoms with Crippen molar-refractivity contribution in [3.63, 3.8) is 0 Å². The fraction of sp³-hybridized carbons (Fsp3) is 0.444. The van der Waals surface area contributed by atoms with E-state index in [0.717, 1.165) is 22.3 Å². The number of aromatic nitrogens is 1. The molecule has 5 N–H and O–H groups in total. The standard InChI is InChI=1S/C36H48N4O6/c1-35(2,3)29(25-17-15-24(16-18-25)26-14-11-19-37-22-26)30(39-32(42)31(36(4,5)6)40-34(45)46-7)28(41)21-27(38-33(43)44)20-23-12-9-8-10-13-23/h8-19,22,27-31,38,41H,20-21H2,1-7H3,(H,39,42)(H,40,45)(H,43,44)/t27-,28-,29?,30+,31+/m0/s1. The number of carbonyl (C=O) groups excluding carboxylic acids is 2. The van der Waals surface area contributed by atoms with Crippen LogP contribution in [0.5, 0.6) is 0 Å². The lowest BCUT2D eigenvalue weighted by molar-refractivity contribution is -0.127. The average molecular weight is 633 g/mol. The molecular formula is C36H48N4O6. The van der Waals surface area contributed by atoms with Crippen molar-refractivity contribution in [3.8, 4) is 11.1 Å². The number of aliphatic hydroxyl groups is 1. The molecule has 10 heteroatoms. The number of methoxy groups -OCH3 is 1. The molecular weight excluding hydrogens is 584 g/mol. The zero-order valence-electron chi connectivity index (χ0n) is 27.8. The minimum absolute atomic E-state index is 0.0249. The van der Waals surface area contributed by atoms with Crippen LogP contribution >= 0.6 is 0 Å². The van der Waals surface area contributed by atoms with Crippen molar-refractivity contribution in [2.75, 3.05) is 7.11 Å². The third kappa shape index (κ3) is 10.3. The highest BCUT2D eigenvalue weighted by atomic mass is 16.5. The molecule has 46 heavy (non-hydrogen) atoms. The monoisotopic (exact) mass is 632 g/mol. The van der Waals surface area contributed by atoms with Crippen LogP contribution in [-0.2, 0) is 16.0 Å². The number of hydrogen-bond donors (Lipinski definition) is 5. The summed E-state index contributed by atoms with van der Waals surface area (Å²) in [4.78, 5) is 42.3. The second-order valence-corrected chi connectivity index (χ2v) is 13.8. The van der Waals surface area contributed by atoms with E-state index in [4.69, 9.17) is 4.74 Å². The summed E-state index contributed by atoms with van der Waals surface area (Å²) in [6.45, 7) is 11.6. The summed E-state index contributed by atoms with van der Waals surface area (Å²) in [5.74, 6) is -0.913. The van der Waals surface area contributed by atoms with Crippen LogP contribution in [0, 0.1) is 10.8 Å². The molecule has 0 aliphatic rings. The average Bonchev–Trinajstić information content (AvgIpc) is 2.99. The van der Waals surface area contributed by atoms with Gasteiger partial charge in [0.2, 0.25) is 5.91 Å². The van der Waals surface area contributed by atoms with E-state index in [1.807, 2.05) is 108 Å². The number of alkyl carbamates (subject to hydrolysis) is 1. The number of carboxylic acid groups (broad SMARTS) is 1. The Morgan fingerprint density at radius 1 is 0.826 bits per heavy atom. The van der Waals surface area contributed by atoms with Crippen LogP contribution in [0.4, 0.5) is 9.59 Å². The number of nitrogens with one attached hydrogen (secondary N) is 3. The Kier molecular flexibility index (Phi) is 12.3. The zero-order chi connectivity index (χ0) is 34.1. The summed E-state index contributed by atoms with van der Waals surface area (Å²) in [7, 11) is 1.23. The van der Waals surface area contributed by atoms with E-state index in [1.165, 1.54) is 7.11 Å². The van der Waals surface area contributed by atoms with E-state index in [-0.39, 0.29) is 6.42 Å². The quantitative estimate of drug-likeness (QED) is 0.170. The predicted octanol–water partition coefficient (Wildman–Crippen LogP) is 5.76. The molecule has 0 aliphatic heterocycles. The maximum absolute atomic E-state index is 14.0. The molecule has 0 aliphatic carbocycles. The minimum atomic E-state index is -1.21. The summed E-state index contributed by atoms with van der Waals surface area (Å²) in [6.07, 6.45) is 0.738. The van der Waals surface area contributed by atoms with E-state index in [9.17, 15) is 24.6 Å². The molecule has 0 radical (unpaired) electrons. The maximum Gasteiger partial charge on any atom is 0.407 e. The largest absolute Gasteiger partial charge is 0.465 e. The Morgan fingerprint density at radius 2 is 1.48 bits per heavy atom. The van der Waals surface area contributed by atoms with Gasteiger partial charge in [-0.15, -0.1) is 0 Å². The van der Waals surface area contributed by atoms with Crippen molar-refractivity contribution in [3.05, 3.63) is 90.3 Å². The van der Waals surface area contributed by atoms with Gasteiger partial charge in [0.15, 0.2) is 0 Å². The molecule has 248 valence electrons. The summed E-state index contributed by atoms with van der Waals surface area (Å²) >= 11 is 0. The van der Waals surface area contributed by atoms with Crippen LogP contribution < -0.4 is 16.0 Å². The zero-order valence-corrected chi connectivity index (χ0v) is 27.8. The van der Waals surface area contributed by atoms with E-state index in [0.29, 0.717) is 6.42 Å². The summed E-state index contributed by atoms with van der Waals surface area (Å²) in [5, 5.41) is 29.9. The van der Waals surface area contributed by atoms with E-state index >= 15 is 0 Å². The van der Waals surface area contributed by atoms with Gasteiger partial charge < -0.3 is 30.9 Å². The summed E-state index contributed by atoms with van der Waals surface area (Å²) < 4.78 is 4.80. The topological polar surface area (TPSA) is 150 Å². The van der Waals surface area contributed by atoms with Gasteiger partial charge in [-0.3, -0.25) is 9.78 Å². The van der Waals surface area contributed by atoms with Crippen molar-refractivity contribution >= 4 is 18.1 Å². The summed E-state index contributed by atoms with van der Waals surface area (Å²) in [5.41, 5.74) is 2.53. The number of rotatable bonds is 12. The van der Waals surface area contributed by atoms with Gasteiger partial charge in [0.1, 0.15) is 6.04 Å². The molecule has 3 rings (SSSR count). The first kappa shape index (κ1) is 36.0. The van der Waals surface area contributed by atoms with Crippen LogP contribution in [0.2, 0.25) is 0 Å². The van der Waals surface area contributed by atoms with Gasteiger partial charge in [0.25, 0.3) is 0 Å². The van der Waals surface area contributed by atoms with Crippen LogP contribution in [-0.4, -0.2) is 64.6 Å². The van der Waals surface area contributed by atoms with Crippen LogP contribution in [0.25, 0.3) is 11.1 Å². The van der Waals surface area contributed by atoms with Crippen molar-refractivity contribution in [1.29, 1.82) is 0 Å². The molecule has 2 aromatic carbocycles. The maximum atomic E-state index is 14.0. The SMILES string of the molecule is COC(=O)N[C@H](C(=O)N[C@@H](C(c1ccc(-c2cccnc2)cc1)C(C)(C)C)[C@@H](O)C[C@H](Cc1ccccc1)NC(=O)O)C(C)(C)C. The molecule has 1 heterocycles. The first-order valence-corrected chi connectivity index (χ1v) is 15.5. The van der Waals surface area contributed by atoms with E-state index < -0.39 is 59.1 Å². The lowest BCUT2D eigenvalue weighted by Gasteiger charge is -2.42. The highest BCUT2D eigenvalue weighted by Gasteiger charge is 2.42. The molecule has 0 bridgehead atoms. The van der Waals surface area contributed by atoms with Crippen LogP contribution in [0.15, 0.2) is 79.1 Å². The molecule has 0 fully saturated rings. The second kappa shape index (κ2) is 15.7. The van der Waals surface area contributed by atoms with Gasteiger partial charge in [-0.25, -0.2) is 9.59 Å². The van der Waals surface area contributed by atoms with Gasteiger partial charge in [0.05, 0.1) is 19.3 Å². The number of benzene rings is 2. The predicted molar refractivity (Wildman–Crippen MR) is 178 cm³/mol. The minimum Gasteiger partial charge on any atom is -0.465 e. The lowest BCUT2D eigenvalue weighted by atomic mass is 9.69. The van der Waals surface area contributed by atoms with Gasteiger partial charge in [-0.05, 0) is 52.0 Å². The molecule has 3 amide bonds. The van der Waals surface area contributed by atoms with Crippen molar-refractivity contribution < 1.29 is 29.3 Å². The fourth-order valence-electron chi connectivity index (χ4n) is 5.87. The molecule has 3 aromatic rings.